The summed E-state index contributed by atoms with van der Waals surface area (Å²) in [7, 11) is 2.14. The molecule has 2 aliphatic carbocycles. The van der Waals surface area contributed by atoms with Gasteiger partial charge in [0.25, 0.3) is 11.6 Å². The highest BCUT2D eigenvalue weighted by atomic mass is 16.5. The van der Waals surface area contributed by atoms with E-state index in [2.05, 4.69) is 55.1 Å². The van der Waals surface area contributed by atoms with E-state index in [0.717, 1.165) is 36.0 Å². The molecule has 0 aromatic carbocycles. The van der Waals surface area contributed by atoms with Gasteiger partial charge in [-0.1, -0.05) is 25.9 Å². The summed E-state index contributed by atoms with van der Waals surface area (Å²) in [4.78, 5) is 20.2. The molecular formula is C22H32N4O2. The molecule has 1 N–H and O–H groups in total. The third-order valence-electron chi connectivity index (χ3n) is 5.85. The summed E-state index contributed by atoms with van der Waals surface area (Å²) >= 11 is 0. The molecule has 28 heavy (non-hydrogen) atoms. The quantitative estimate of drug-likeness (QED) is 0.784. The average Bonchev–Trinajstić information content (AvgIpc) is 3.54. The number of hydrogen-bond donors (Lipinski definition) is 1. The predicted molar refractivity (Wildman–Crippen MR) is 110 cm³/mol. The number of carbonyl (C=O) groups excluding carboxylic acids is 1. The lowest BCUT2D eigenvalue weighted by atomic mass is 9.89. The van der Waals surface area contributed by atoms with Crippen LogP contribution in [0.15, 0.2) is 10.6 Å². The molecule has 0 bridgehead atoms. The smallest absolute Gasteiger partial charge is 0.259 e. The van der Waals surface area contributed by atoms with Gasteiger partial charge in [-0.2, -0.15) is 0 Å². The van der Waals surface area contributed by atoms with E-state index in [1.54, 1.807) is 0 Å². The zero-order chi connectivity index (χ0) is 20.1. The minimum atomic E-state index is -0.0521. The largest absolute Gasteiger partial charge is 0.350 e. The van der Waals surface area contributed by atoms with E-state index in [4.69, 9.17) is 4.52 Å². The molecule has 152 valence electrons. The molecule has 1 atom stereocenters. The molecule has 0 aliphatic heterocycles. The summed E-state index contributed by atoms with van der Waals surface area (Å²) < 4.78 is 5.56. The van der Waals surface area contributed by atoms with Crippen molar-refractivity contribution < 1.29 is 9.32 Å². The molecular weight excluding hydrogens is 352 g/mol. The molecule has 0 spiro atoms. The van der Waals surface area contributed by atoms with Gasteiger partial charge < -0.3 is 9.84 Å². The molecule has 2 aromatic heterocycles. The third-order valence-corrected chi connectivity index (χ3v) is 5.85. The number of carbonyl (C=O) groups is 1. The Morgan fingerprint density at radius 2 is 2.04 bits per heavy atom. The third kappa shape index (κ3) is 4.22. The van der Waals surface area contributed by atoms with Gasteiger partial charge in [0.05, 0.1) is 16.6 Å². The van der Waals surface area contributed by atoms with Crippen molar-refractivity contribution in [2.24, 2.45) is 5.41 Å². The van der Waals surface area contributed by atoms with E-state index in [1.165, 1.54) is 12.8 Å². The number of hydrogen-bond acceptors (Lipinski definition) is 5. The number of rotatable bonds is 7. The van der Waals surface area contributed by atoms with Crippen molar-refractivity contribution in [1.82, 2.24) is 20.4 Å². The SMILES string of the molecule is CC(CNC(=O)c1cc(C2CC2)nc2onc(CC(C)(C)C)c12)N(C)C1CC1. The Labute approximate surface area is 167 Å². The van der Waals surface area contributed by atoms with Crippen LogP contribution in [0, 0.1) is 5.41 Å². The van der Waals surface area contributed by atoms with E-state index >= 15 is 0 Å². The summed E-state index contributed by atoms with van der Waals surface area (Å²) in [5.74, 6) is 0.399. The van der Waals surface area contributed by atoms with Crippen molar-refractivity contribution in [2.75, 3.05) is 13.6 Å². The summed E-state index contributed by atoms with van der Waals surface area (Å²) in [5, 5.41) is 8.19. The molecule has 6 nitrogen and oxygen atoms in total. The van der Waals surface area contributed by atoms with Gasteiger partial charge in [-0.05, 0) is 57.6 Å². The average molecular weight is 385 g/mol. The second kappa shape index (κ2) is 7.14. The second-order valence-corrected chi connectivity index (χ2v) is 9.87. The Hall–Kier alpha value is -1.95. The highest BCUT2D eigenvalue weighted by Gasteiger charge is 2.31. The van der Waals surface area contributed by atoms with Crippen molar-refractivity contribution in [3.8, 4) is 0 Å². The van der Waals surface area contributed by atoms with Crippen LogP contribution in [0.1, 0.15) is 81.0 Å². The highest BCUT2D eigenvalue weighted by Crippen LogP contribution is 2.41. The van der Waals surface area contributed by atoms with Crippen molar-refractivity contribution in [2.45, 2.75) is 77.8 Å². The maximum Gasteiger partial charge on any atom is 0.259 e. The van der Waals surface area contributed by atoms with Crippen LogP contribution in [-0.4, -0.2) is 46.6 Å². The normalized spacial score (nSPS) is 18.6. The first-order valence-electron chi connectivity index (χ1n) is 10.5. The van der Waals surface area contributed by atoms with Crippen LogP contribution in [0.3, 0.4) is 0 Å². The van der Waals surface area contributed by atoms with Gasteiger partial charge in [-0.25, -0.2) is 4.98 Å². The Morgan fingerprint density at radius 3 is 2.64 bits per heavy atom. The summed E-state index contributed by atoms with van der Waals surface area (Å²) in [6.07, 6.45) is 5.53. The van der Waals surface area contributed by atoms with Gasteiger partial charge in [0.1, 0.15) is 0 Å². The molecule has 2 aliphatic rings. The lowest BCUT2D eigenvalue weighted by molar-refractivity contribution is 0.0941. The van der Waals surface area contributed by atoms with Crippen LogP contribution in [0.4, 0.5) is 0 Å². The van der Waals surface area contributed by atoms with E-state index in [1.807, 2.05) is 6.07 Å². The molecule has 0 saturated heterocycles. The molecule has 2 saturated carbocycles. The number of likely N-dealkylation sites (N-methyl/N-ethyl adjacent to an activating group) is 1. The zero-order valence-electron chi connectivity index (χ0n) is 17.7. The number of fused-ring (bicyclic) bond motifs is 1. The minimum absolute atomic E-state index is 0.0498. The molecule has 6 heteroatoms. The first-order valence-corrected chi connectivity index (χ1v) is 10.5. The maximum atomic E-state index is 13.2. The monoisotopic (exact) mass is 384 g/mol. The fourth-order valence-corrected chi connectivity index (χ4v) is 3.74. The van der Waals surface area contributed by atoms with Crippen molar-refractivity contribution in [3.05, 3.63) is 23.0 Å². The van der Waals surface area contributed by atoms with Crippen LogP contribution in [0.25, 0.3) is 11.1 Å². The fraction of sp³-hybridized carbons (Fsp3) is 0.682. The Bertz CT molecular complexity index is 875. The van der Waals surface area contributed by atoms with Gasteiger partial charge in [0.2, 0.25) is 0 Å². The Kier molecular flexibility index (Phi) is 4.94. The molecule has 1 unspecified atom stereocenters. The maximum absolute atomic E-state index is 13.2. The van der Waals surface area contributed by atoms with E-state index < -0.39 is 0 Å². The van der Waals surface area contributed by atoms with Crippen LogP contribution in [0.2, 0.25) is 0 Å². The summed E-state index contributed by atoms with van der Waals surface area (Å²) in [6.45, 7) is 9.28. The van der Waals surface area contributed by atoms with Crippen LogP contribution < -0.4 is 5.32 Å². The lowest BCUT2D eigenvalue weighted by Gasteiger charge is -2.24. The standard InChI is InChI=1S/C22H32N4O2/c1-13(26(5)15-8-9-15)12-23-20(27)16-10-17(14-6-7-14)24-21-19(16)18(25-28-21)11-22(2,3)4/h10,13-15H,6-9,11-12H2,1-5H3,(H,23,27). The van der Waals surface area contributed by atoms with Crippen LogP contribution in [-0.2, 0) is 6.42 Å². The molecule has 0 radical (unpaired) electrons. The topological polar surface area (TPSA) is 71.3 Å². The van der Waals surface area contributed by atoms with Gasteiger partial charge in [0, 0.05) is 30.2 Å². The van der Waals surface area contributed by atoms with Gasteiger partial charge >= 0.3 is 0 Å². The summed E-state index contributed by atoms with van der Waals surface area (Å²) in [6, 6.07) is 2.96. The van der Waals surface area contributed by atoms with Crippen molar-refractivity contribution >= 4 is 17.0 Å². The molecule has 2 aromatic rings. The zero-order valence-corrected chi connectivity index (χ0v) is 17.7. The number of nitrogens with zero attached hydrogens (tertiary/aromatic N) is 3. The lowest BCUT2D eigenvalue weighted by Crippen LogP contribution is -2.41. The van der Waals surface area contributed by atoms with E-state index in [-0.39, 0.29) is 11.3 Å². The van der Waals surface area contributed by atoms with Gasteiger partial charge in [-0.15, -0.1) is 0 Å². The first-order chi connectivity index (χ1) is 13.2. The summed E-state index contributed by atoms with van der Waals surface area (Å²) in [5.41, 5.74) is 2.99. The van der Waals surface area contributed by atoms with Crippen molar-refractivity contribution in [1.29, 1.82) is 0 Å². The Morgan fingerprint density at radius 1 is 1.32 bits per heavy atom. The van der Waals surface area contributed by atoms with Crippen molar-refractivity contribution in [3.63, 3.8) is 0 Å². The molecule has 4 rings (SSSR count). The second-order valence-electron chi connectivity index (χ2n) is 9.87. The van der Waals surface area contributed by atoms with Crippen LogP contribution in [0.5, 0.6) is 0 Å². The van der Waals surface area contributed by atoms with Gasteiger partial charge in [0.15, 0.2) is 0 Å². The number of nitrogens with one attached hydrogen (secondary N) is 1. The van der Waals surface area contributed by atoms with E-state index in [0.29, 0.717) is 35.8 Å². The molecule has 2 fully saturated rings. The first kappa shape index (κ1) is 19.4. The number of pyridine rings is 1. The highest BCUT2D eigenvalue weighted by molar-refractivity contribution is 6.06. The Balaban J connectivity index is 1.61. The van der Waals surface area contributed by atoms with Gasteiger partial charge in [-0.3, -0.25) is 9.69 Å². The number of aromatic nitrogens is 2. The molecule has 1 amide bonds. The number of amides is 1. The van der Waals surface area contributed by atoms with E-state index in [9.17, 15) is 4.79 Å². The minimum Gasteiger partial charge on any atom is -0.350 e. The molecule has 2 heterocycles. The van der Waals surface area contributed by atoms with Crippen LogP contribution >= 0.6 is 0 Å². The predicted octanol–water partition coefficient (Wildman–Crippen LogP) is 3.90. The fourth-order valence-electron chi connectivity index (χ4n) is 3.74.